The smallest absolute Gasteiger partial charge is 0.251 e. The third kappa shape index (κ3) is 7.12. The highest BCUT2D eigenvalue weighted by molar-refractivity contribution is 6.30. The van der Waals surface area contributed by atoms with Crippen LogP contribution in [0.3, 0.4) is 0 Å². The summed E-state index contributed by atoms with van der Waals surface area (Å²) >= 11 is 6.12. The summed E-state index contributed by atoms with van der Waals surface area (Å²) in [6, 6.07) is 27.9. The van der Waals surface area contributed by atoms with Gasteiger partial charge in [0.1, 0.15) is 23.3 Å². The Bertz CT molecular complexity index is 1430. The molecule has 0 radical (unpaired) electrons. The Kier molecular flexibility index (Phi) is 9.65. The molecule has 0 aromatic heterocycles. The van der Waals surface area contributed by atoms with Gasteiger partial charge in [0.15, 0.2) is 0 Å². The van der Waals surface area contributed by atoms with Crippen molar-refractivity contribution < 1.29 is 23.8 Å². The van der Waals surface area contributed by atoms with E-state index in [1.807, 2.05) is 42.5 Å². The third-order valence-corrected chi connectivity index (χ3v) is 6.69. The molecule has 0 aliphatic carbocycles. The molecular weight excluding hydrogens is 528 g/mol. The molecular formula is C32H31ClN2O5. The quantitative estimate of drug-likeness (QED) is 0.233. The molecule has 1 N–H and O–H groups in total. The Morgan fingerprint density at radius 3 is 2.05 bits per heavy atom. The number of methoxy groups -OCH3 is 3. The van der Waals surface area contributed by atoms with Gasteiger partial charge in [-0.15, -0.1) is 0 Å². The number of nitrogens with zero attached hydrogens (tertiary/aromatic N) is 1. The molecule has 0 saturated carbocycles. The molecule has 2 amide bonds. The summed E-state index contributed by atoms with van der Waals surface area (Å²) in [5.74, 6) is 1.05. The second-order valence-corrected chi connectivity index (χ2v) is 9.48. The number of hydrogen-bond donors (Lipinski definition) is 1. The van der Waals surface area contributed by atoms with Gasteiger partial charge in [-0.2, -0.15) is 0 Å². The molecule has 0 heterocycles. The van der Waals surface area contributed by atoms with Crippen molar-refractivity contribution in [3.8, 4) is 17.2 Å². The Morgan fingerprint density at radius 1 is 0.775 bits per heavy atom. The third-order valence-electron chi connectivity index (χ3n) is 6.44. The number of carbonyl (C=O) groups is 2. The Balaban J connectivity index is 1.76. The van der Waals surface area contributed by atoms with Crippen LogP contribution in [-0.4, -0.2) is 38.0 Å². The van der Waals surface area contributed by atoms with Gasteiger partial charge >= 0.3 is 0 Å². The monoisotopic (exact) mass is 558 g/mol. The molecule has 4 rings (SSSR count). The van der Waals surface area contributed by atoms with Gasteiger partial charge in [0.05, 0.1) is 33.4 Å². The molecule has 1 atom stereocenters. The van der Waals surface area contributed by atoms with E-state index < -0.39 is 11.9 Å². The molecule has 0 aliphatic heterocycles. The average molecular weight is 559 g/mol. The van der Waals surface area contributed by atoms with Crippen molar-refractivity contribution in [1.82, 2.24) is 4.90 Å². The second-order valence-electron chi connectivity index (χ2n) is 9.04. The number of amides is 2. The number of ether oxygens (including phenoxy) is 3. The fourth-order valence-corrected chi connectivity index (χ4v) is 4.47. The molecule has 0 saturated heterocycles. The van der Waals surface area contributed by atoms with E-state index in [2.05, 4.69) is 5.32 Å². The van der Waals surface area contributed by atoms with Crippen LogP contribution in [0, 0.1) is 0 Å². The highest BCUT2D eigenvalue weighted by Crippen LogP contribution is 2.32. The average Bonchev–Trinajstić information content (AvgIpc) is 2.98. The van der Waals surface area contributed by atoms with Gasteiger partial charge in [-0.1, -0.05) is 66.2 Å². The Hall–Kier alpha value is -4.49. The minimum absolute atomic E-state index is 0.125. The van der Waals surface area contributed by atoms with E-state index in [1.54, 1.807) is 73.7 Å². The fourth-order valence-electron chi connectivity index (χ4n) is 4.34. The lowest BCUT2D eigenvalue weighted by Crippen LogP contribution is -2.41. The van der Waals surface area contributed by atoms with Crippen LogP contribution in [0.2, 0.25) is 5.02 Å². The first kappa shape index (κ1) is 28.5. The lowest BCUT2D eigenvalue weighted by molar-refractivity contribution is -0.139. The van der Waals surface area contributed by atoms with Gasteiger partial charge in [-0.05, 0) is 53.1 Å². The number of anilines is 1. The molecule has 4 aromatic carbocycles. The largest absolute Gasteiger partial charge is 0.497 e. The van der Waals surface area contributed by atoms with Crippen molar-refractivity contribution in [1.29, 1.82) is 0 Å². The first-order valence-electron chi connectivity index (χ1n) is 12.7. The molecule has 0 fully saturated rings. The highest BCUT2D eigenvalue weighted by Gasteiger charge is 2.32. The lowest BCUT2D eigenvalue weighted by Gasteiger charge is -2.32. The number of benzene rings is 4. The topological polar surface area (TPSA) is 77.1 Å². The Labute approximate surface area is 239 Å². The van der Waals surface area contributed by atoms with Crippen molar-refractivity contribution in [2.45, 2.75) is 19.0 Å². The van der Waals surface area contributed by atoms with Crippen molar-refractivity contribution >= 4 is 29.1 Å². The minimum atomic E-state index is -0.968. The summed E-state index contributed by atoms with van der Waals surface area (Å²) < 4.78 is 16.1. The van der Waals surface area contributed by atoms with Crippen LogP contribution in [0.25, 0.3) is 0 Å². The number of carbonyl (C=O) groups excluding carboxylic acids is 2. The summed E-state index contributed by atoms with van der Waals surface area (Å²) in [6.07, 6.45) is 0.125. The summed E-state index contributed by atoms with van der Waals surface area (Å²) in [5.41, 5.74) is 2.76. The van der Waals surface area contributed by atoms with Crippen molar-refractivity contribution in [3.63, 3.8) is 0 Å². The molecule has 0 spiro atoms. The minimum Gasteiger partial charge on any atom is -0.497 e. The molecule has 8 heteroatoms. The van der Waals surface area contributed by atoms with E-state index in [9.17, 15) is 9.59 Å². The maximum atomic E-state index is 14.1. The van der Waals surface area contributed by atoms with Crippen LogP contribution in [0.5, 0.6) is 17.2 Å². The molecule has 7 nitrogen and oxygen atoms in total. The number of rotatable bonds is 11. The van der Waals surface area contributed by atoms with E-state index in [-0.39, 0.29) is 18.9 Å². The molecule has 0 aliphatic rings. The zero-order valence-electron chi connectivity index (χ0n) is 22.6. The van der Waals surface area contributed by atoms with Crippen LogP contribution in [-0.2, 0) is 22.6 Å². The highest BCUT2D eigenvalue weighted by atomic mass is 35.5. The predicted octanol–water partition coefficient (Wildman–Crippen LogP) is 6.32. The summed E-state index contributed by atoms with van der Waals surface area (Å²) in [5, 5.41) is 3.55. The fraction of sp³-hybridized carbons (Fsp3) is 0.188. The van der Waals surface area contributed by atoms with Gasteiger partial charge in [-0.25, -0.2) is 0 Å². The number of hydrogen-bond acceptors (Lipinski definition) is 5. The SMILES string of the molecule is COc1ccc(C(C(=O)Nc2ccc(OC)cc2OC)N(Cc2ccc(Cl)cc2)C(=O)Cc2ccccc2)cc1. The summed E-state index contributed by atoms with van der Waals surface area (Å²) in [6.45, 7) is 0.187. The van der Waals surface area contributed by atoms with Crippen LogP contribution >= 0.6 is 11.6 Å². The molecule has 206 valence electrons. The van der Waals surface area contributed by atoms with Crippen LogP contribution in [0.1, 0.15) is 22.7 Å². The first-order chi connectivity index (χ1) is 19.4. The van der Waals surface area contributed by atoms with Crippen LogP contribution in [0.15, 0.2) is 97.1 Å². The van der Waals surface area contributed by atoms with E-state index >= 15 is 0 Å². The van der Waals surface area contributed by atoms with Crippen LogP contribution in [0.4, 0.5) is 5.69 Å². The molecule has 0 bridgehead atoms. The van der Waals surface area contributed by atoms with E-state index in [0.29, 0.717) is 33.5 Å². The van der Waals surface area contributed by atoms with E-state index in [1.165, 1.54) is 7.11 Å². The van der Waals surface area contributed by atoms with Crippen molar-refractivity contribution in [2.24, 2.45) is 0 Å². The van der Waals surface area contributed by atoms with Gasteiger partial charge in [0.25, 0.3) is 5.91 Å². The maximum absolute atomic E-state index is 14.1. The standard InChI is InChI=1S/C32H31ClN2O5/c1-38-26-15-11-24(12-16-26)31(32(37)34-28-18-17-27(39-2)20-29(28)40-3)35(21-23-9-13-25(33)14-10-23)30(36)19-22-7-5-4-6-8-22/h4-18,20,31H,19,21H2,1-3H3,(H,34,37). The summed E-state index contributed by atoms with van der Waals surface area (Å²) in [7, 11) is 4.65. The zero-order valence-corrected chi connectivity index (χ0v) is 23.4. The summed E-state index contributed by atoms with van der Waals surface area (Å²) in [4.78, 5) is 29.6. The van der Waals surface area contributed by atoms with Gasteiger partial charge in [0.2, 0.25) is 5.91 Å². The van der Waals surface area contributed by atoms with Gasteiger partial charge in [-0.3, -0.25) is 9.59 Å². The van der Waals surface area contributed by atoms with Crippen LogP contribution < -0.4 is 19.5 Å². The van der Waals surface area contributed by atoms with Gasteiger partial charge in [0, 0.05) is 17.6 Å². The normalized spacial score (nSPS) is 11.3. The van der Waals surface area contributed by atoms with E-state index in [4.69, 9.17) is 25.8 Å². The molecule has 4 aromatic rings. The molecule has 40 heavy (non-hydrogen) atoms. The van der Waals surface area contributed by atoms with Crippen molar-refractivity contribution in [3.05, 3.63) is 119 Å². The molecule has 1 unspecified atom stereocenters. The first-order valence-corrected chi connectivity index (χ1v) is 13.0. The second kappa shape index (κ2) is 13.5. The van der Waals surface area contributed by atoms with Gasteiger partial charge < -0.3 is 24.4 Å². The Morgan fingerprint density at radius 2 is 1.43 bits per heavy atom. The van der Waals surface area contributed by atoms with Crippen molar-refractivity contribution in [2.75, 3.05) is 26.6 Å². The van der Waals surface area contributed by atoms with E-state index in [0.717, 1.165) is 11.1 Å². The number of halogens is 1. The predicted molar refractivity (Wildman–Crippen MR) is 156 cm³/mol. The zero-order chi connectivity index (χ0) is 28.5. The number of nitrogens with one attached hydrogen (secondary N) is 1. The lowest BCUT2D eigenvalue weighted by atomic mass is 10.0. The maximum Gasteiger partial charge on any atom is 0.251 e.